The molecule has 23 heavy (non-hydrogen) atoms. The van der Waals surface area contributed by atoms with Crippen molar-refractivity contribution in [2.45, 2.75) is 32.1 Å². The second-order valence-corrected chi connectivity index (χ2v) is 5.90. The van der Waals surface area contributed by atoms with Crippen molar-refractivity contribution in [3.05, 3.63) is 24.3 Å². The smallest absolute Gasteiger partial charge is 0.238 e. The summed E-state index contributed by atoms with van der Waals surface area (Å²) < 4.78 is 0. The first kappa shape index (κ1) is 17.4. The molecule has 1 fully saturated rings. The number of benzene rings is 1. The molecule has 1 aliphatic rings. The van der Waals surface area contributed by atoms with Crippen molar-refractivity contribution in [2.75, 3.05) is 36.8 Å². The van der Waals surface area contributed by atoms with Crippen LogP contribution in [-0.2, 0) is 9.59 Å². The molecule has 2 rings (SSSR count). The molecule has 1 saturated heterocycles. The summed E-state index contributed by atoms with van der Waals surface area (Å²) in [4.78, 5) is 25.8. The van der Waals surface area contributed by atoms with Crippen molar-refractivity contribution in [2.24, 2.45) is 5.73 Å². The Bertz CT molecular complexity index is 508. The fraction of sp³-hybridized carbons (Fsp3) is 0.529. The lowest BCUT2D eigenvalue weighted by atomic mass is 10.2. The van der Waals surface area contributed by atoms with E-state index < -0.39 is 0 Å². The summed E-state index contributed by atoms with van der Waals surface area (Å²) in [5, 5.41) is 5.66. The Morgan fingerprint density at radius 2 is 1.43 bits per heavy atom. The fourth-order valence-corrected chi connectivity index (χ4v) is 2.69. The summed E-state index contributed by atoms with van der Waals surface area (Å²) in [6.07, 6.45) is 5.16. The molecule has 0 aliphatic carbocycles. The van der Waals surface area contributed by atoms with E-state index in [2.05, 4.69) is 15.5 Å². The third-order valence-electron chi connectivity index (χ3n) is 3.89. The van der Waals surface area contributed by atoms with Crippen molar-refractivity contribution in [3.63, 3.8) is 0 Å². The quantitative estimate of drug-likeness (QED) is 0.746. The first-order valence-corrected chi connectivity index (χ1v) is 8.29. The van der Waals surface area contributed by atoms with Crippen LogP contribution in [0.4, 0.5) is 11.4 Å². The van der Waals surface area contributed by atoms with Gasteiger partial charge in [-0.2, -0.15) is 0 Å². The van der Waals surface area contributed by atoms with E-state index in [1.165, 1.54) is 25.7 Å². The van der Waals surface area contributed by atoms with Crippen molar-refractivity contribution in [1.29, 1.82) is 0 Å². The lowest BCUT2D eigenvalue weighted by molar-refractivity contribution is -0.117. The molecule has 1 aromatic carbocycles. The predicted molar refractivity (Wildman–Crippen MR) is 92.3 cm³/mol. The molecular weight excluding hydrogens is 292 g/mol. The number of nitrogens with one attached hydrogen (secondary N) is 2. The molecule has 0 aromatic heterocycles. The third kappa shape index (κ3) is 6.38. The molecule has 0 radical (unpaired) electrons. The van der Waals surface area contributed by atoms with Gasteiger partial charge in [-0.3, -0.25) is 14.5 Å². The summed E-state index contributed by atoms with van der Waals surface area (Å²) in [6, 6.07) is 7.13. The number of carbonyl (C=O) groups excluding carboxylic acids is 2. The molecular formula is C17H26N4O2. The van der Waals surface area contributed by atoms with Gasteiger partial charge in [-0.05, 0) is 50.2 Å². The van der Waals surface area contributed by atoms with E-state index in [4.69, 9.17) is 5.73 Å². The average molecular weight is 318 g/mol. The zero-order chi connectivity index (χ0) is 16.5. The minimum Gasteiger partial charge on any atom is -0.330 e. The normalized spacial score (nSPS) is 15.7. The number of hydrogen-bond donors (Lipinski definition) is 3. The highest BCUT2D eigenvalue weighted by atomic mass is 16.2. The highest BCUT2D eigenvalue weighted by Crippen LogP contribution is 2.14. The van der Waals surface area contributed by atoms with E-state index in [1.807, 2.05) is 0 Å². The van der Waals surface area contributed by atoms with Crippen LogP contribution in [0.25, 0.3) is 0 Å². The molecule has 1 heterocycles. The molecule has 4 N–H and O–H groups in total. The van der Waals surface area contributed by atoms with E-state index in [-0.39, 0.29) is 11.8 Å². The summed E-state index contributed by atoms with van der Waals surface area (Å²) in [5.41, 5.74) is 6.78. The van der Waals surface area contributed by atoms with Gasteiger partial charge in [0.15, 0.2) is 0 Å². The first-order chi connectivity index (χ1) is 11.2. The topological polar surface area (TPSA) is 87.5 Å². The standard InChI is InChI=1S/C17H26N4O2/c18-10-9-16(22)19-14-5-7-15(8-6-14)20-17(23)13-21-11-3-1-2-4-12-21/h5-8H,1-4,9-13,18H2,(H,19,22)(H,20,23). The lowest BCUT2D eigenvalue weighted by Crippen LogP contribution is -2.33. The van der Waals surface area contributed by atoms with E-state index in [0.717, 1.165) is 18.8 Å². The van der Waals surface area contributed by atoms with Gasteiger partial charge in [0.05, 0.1) is 6.54 Å². The number of amides is 2. The van der Waals surface area contributed by atoms with Crippen LogP contribution in [-0.4, -0.2) is 42.9 Å². The Kier molecular flexibility index (Phi) is 7.03. The van der Waals surface area contributed by atoms with Crippen LogP contribution in [0.5, 0.6) is 0 Å². The number of rotatable bonds is 6. The summed E-state index contributed by atoms with van der Waals surface area (Å²) >= 11 is 0. The van der Waals surface area contributed by atoms with Crippen LogP contribution in [0, 0.1) is 0 Å². The number of likely N-dealkylation sites (tertiary alicyclic amines) is 1. The van der Waals surface area contributed by atoms with Crippen LogP contribution in [0.1, 0.15) is 32.1 Å². The minimum atomic E-state index is -0.106. The van der Waals surface area contributed by atoms with Gasteiger partial charge in [-0.15, -0.1) is 0 Å². The summed E-state index contributed by atoms with van der Waals surface area (Å²) in [7, 11) is 0. The third-order valence-corrected chi connectivity index (χ3v) is 3.89. The Hall–Kier alpha value is -1.92. The minimum absolute atomic E-state index is 0.00631. The molecule has 0 unspecified atom stereocenters. The number of carbonyl (C=O) groups is 2. The molecule has 2 amide bonds. The van der Waals surface area contributed by atoms with Gasteiger partial charge in [-0.25, -0.2) is 0 Å². The van der Waals surface area contributed by atoms with E-state index in [1.54, 1.807) is 24.3 Å². The van der Waals surface area contributed by atoms with Crippen LogP contribution in [0.15, 0.2) is 24.3 Å². The maximum atomic E-state index is 12.1. The number of anilines is 2. The molecule has 0 bridgehead atoms. The highest BCUT2D eigenvalue weighted by Gasteiger charge is 2.13. The molecule has 6 heteroatoms. The average Bonchev–Trinajstić information content (AvgIpc) is 2.78. The Balaban J connectivity index is 1.80. The van der Waals surface area contributed by atoms with Gasteiger partial charge in [0, 0.05) is 24.3 Å². The Labute approximate surface area is 137 Å². The summed E-state index contributed by atoms with van der Waals surface area (Å²) in [6.45, 7) is 2.77. The van der Waals surface area contributed by atoms with Crippen LogP contribution in [0.2, 0.25) is 0 Å². The summed E-state index contributed by atoms with van der Waals surface area (Å²) in [5.74, 6) is -0.0998. The van der Waals surface area contributed by atoms with E-state index in [9.17, 15) is 9.59 Å². The van der Waals surface area contributed by atoms with Gasteiger partial charge in [-0.1, -0.05) is 12.8 Å². The molecule has 0 saturated carbocycles. The van der Waals surface area contributed by atoms with E-state index >= 15 is 0 Å². The monoisotopic (exact) mass is 318 g/mol. The maximum absolute atomic E-state index is 12.1. The Morgan fingerprint density at radius 1 is 0.913 bits per heavy atom. The largest absolute Gasteiger partial charge is 0.330 e. The van der Waals surface area contributed by atoms with Gasteiger partial charge in [0.25, 0.3) is 0 Å². The van der Waals surface area contributed by atoms with Crippen LogP contribution in [0.3, 0.4) is 0 Å². The van der Waals surface area contributed by atoms with Crippen LogP contribution < -0.4 is 16.4 Å². The Morgan fingerprint density at radius 3 is 1.96 bits per heavy atom. The molecule has 1 aliphatic heterocycles. The lowest BCUT2D eigenvalue weighted by Gasteiger charge is -2.19. The molecule has 0 atom stereocenters. The molecule has 1 aromatic rings. The number of nitrogens with zero attached hydrogens (tertiary/aromatic N) is 1. The predicted octanol–water partition coefficient (Wildman–Crippen LogP) is 1.79. The molecule has 0 spiro atoms. The molecule has 126 valence electrons. The van der Waals surface area contributed by atoms with Gasteiger partial charge in [0.1, 0.15) is 0 Å². The van der Waals surface area contributed by atoms with Crippen molar-refractivity contribution < 1.29 is 9.59 Å². The zero-order valence-corrected chi connectivity index (χ0v) is 13.5. The first-order valence-electron chi connectivity index (χ1n) is 8.29. The van der Waals surface area contributed by atoms with Gasteiger partial charge >= 0.3 is 0 Å². The van der Waals surface area contributed by atoms with Crippen molar-refractivity contribution in [3.8, 4) is 0 Å². The van der Waals surface area contributed by atoms with Gasteiger partial charge < -0.3 is 16.4 Å². The fourth-order valence-electron chi connectivity index (χ4n) is 2.69. The highest BCUT2D eigenvalue weighted by molar-refractivity contribution is 5.93. The van der Waals surface area contributed by atoms with Crippen LogP contribution >= 0.6 is 0 Å². The van der Waals surface area contributed by atoms with Crippen molar-refractivity contribution in [1.82, 2.24) is 4.90 Å². The molecule has 6 nitrogen and oxygen atoms in total. The number of nitrogens with two attached hydrogens (primary N) is 1. The van der Waals surface area contributed by atoms with Gasteiger partial charge in [0.2, 0.25) is 11.8 Å². The zero-order valence-electron chi connectivity index (χ0n) is 13.5. The second-order valence-electron chi connectivity index (χ2n) is 5.90. The maximum Gasteiger partial charge on any atom is 0.238 e. The van der Waals surface area contributed by atoms with Crippen molar-refractivity contribution >= 4 is 23.2 Å². The second kappa shape index (κ2) is 9.27. The number of hydrogen-bond acceptors (Lipinski definition) is 4. The van der Waals surface area contributed by atoms with E-state index in [0.29, 0.717) is 25.2 Å². The SMILES string of the molecule is NCCC(=O)Nc1ccc(NC(=O)CN2CCCCCC2)cc1.